The Morgan fingerprint density at radius 1 is 1.00 bits per heavy atom. The number of sulfonamides is 1. The van der Waals surface area contributed by atoms with Crippen LogP contribution < -0.4 is 20.7 Å². The summed E-state index contributed by atoms with van der Waals surface area (Å²) in [5, 5.41) is 7.50. The van der Waals surface area contributed by atoms with Crippen LogP contribution in [0.4, 0.5) is 10.5 Å². The number of carbonyl (C=O) groups is 3. The largest absolute Gasteiger partial charge is 0.336 e. The van der Waals surface area contributed by atoms with E-state index in [9.17, 15) is 22.8 Å². The van der Waals surface area contributed by atoms with Crippen molar-refractivity contribution in [3.8, 4) is 0 Å². The number of hydrogen-bond acceptors (Lipinski definition) is 5. The van der Waals surface area contributed by atoms with Gasteiger partial charge in [0, 0.05) is 18.3 Å². The molecule has 29 heavy (non-hydrogen) atoms. The summed E-state index contributed by atoms with van der Waals surface area (Å²) >= 11 is 0. The molecule has 3 rings (SSSR count). The summed E-state index contributed by atoms with van der Waals surface area (Å²) in [6.07, 6.45) is 0. The highest BCUT2D eigenvalue weighted by molar-refractivity contribution is 7.89. The fourth-order valence-electron chi connectivity index (χ4n) is 2.71. The third-order valence-electron chi connectivity index (χ3n) is 4.12. The quantitative estimate of drug-likeness (QED) is 0.531. The van der Waals surface area contributed by atoms with Gasteiger partial charge in [0.25, 0.3) is 11.8 Å². The van der Waals surface area contributed by atoms with Crippen molar-refractivity contribution in [1.29, 1.82) is 0 Å². The van der Waals surface area contributed by atoms with Gasteiger partial charge < -0.3 is 10.6 Å². The molecule has 2 aromatic rings. The molecule has 1 heterocycles. The van der Waals surface area contributed by atoms with E-state index in [1.165, 1.54) is 18.2 Å². The molecule has 152 valence electrons. The number of amides is 4. The summed E-state index contributed by atoms with van der Waals surface area (Å²) in [6, 6.07) is 10.1. The van der Waals surface area contributed by atoms with Gasteiger partial charge in [-0.1, -0.05) is 12.1 Å². The Kier molecular flexibility index (Phi) is 5.66. The summed E-state index contributed by atoms with van der Waals surface area (Å²) in [7, 11) is -3.88. The number of fused-ring (bicyclic) bond motifs is 1. The van der Waals surface area contributed by atoms with Crippen molar-refractivity contribution in [2.24, 2.45) is 0 Å². The molecule has 0 bridgehead atoms. The van der Waals surface area contributed by atoms with E-state index in [4.69, 9.17) is 0 Å². The van der Waals surface area contributed by atoms with Gasteiger partial charge in [-0.25, -0.2) is 17.9 Å². The molecule has 0 saturated carbocycles. The predicted molar refractivity (Wildman–Crippen MR) is 106 cm³/mol. The first-order chi connectivity index (χ1) is 13.7. The van der Waals surface area contributed by atoms with Gasteiger partial charge in [-0.05, 0) is 49.7 Å². The topological polar surface area (TPSA) is 133 Å². The first-order valence-electron chi connectivity index (χ1n) is 8.81. The number of rotatable bonds is 6. The molecule has 0 radical (unpaired) electrons. The lowest BCUT2D eigenvalue weighted by Gasteiger charge is -2.11. The van der Waals surface area contributed by atoms with Crippen LogP contribution >= 0.6 is 0 Å². The van der Waals surface area contributed by atoms with E-state index < -0.39 is 21.8 Å². The van der Waals surface area contributed by atoms with E-state index in [-0.39, 0.29) is 34.6 Å². The van der Waals surface area contributed by atoms with Gasteiger partial charge in [0.15, 0.2) is 0 Å². The van der Waals surface area contributed by atoms with Crippen molar-refractivity contribution in [1.82, 2.24) is 15.4 Å². The lowest BCUT2D eigenvalue weighted by Crippen LogP contribution is -2.34. The Bertz CT molecular complexity index is 1080. The summed E-state index contributed by atoms with van der Waals surface area (Å²) in [4.78, 5) is 34.9. The Labute approximate surface area is 167 Å². The van der Waals surface area contributed by atoms with Gasteiger partial charge in [-0.15, -0.1) is 0 Å². The lowest BCUT2D eigenvalue weighted by atomic mass is 10.1. The second-order valence-corrected chi connectivity index (χ2v) is 8.53. The standard InChI is InChI=1S/C19H20N4O5S/c1-11(2)21-19(26)22-13-5-3-12(4-6-13)10-20-29(27,28)14-7-8-15-16(9-14)18(25)23-17(15)24/h3-9,11,20H,10H2,1-2H3,(H2,21,22,26)(H,23,24,25). The number of imide groups is 1. The summed E-state index contributed by atoms with van der Waals surface area (Å²) in [6.45, 7) is 3.71. The maximum absolute atomic E-state index is 12.5. The SMILES string of the molecule is CC(C)NC(=O)Nc1ccc(CNS(=O)(=O)c2ccc3c(c2)C(=O)NC3=O)cc1. The molecule has 2 aromatic carbocycles. The minimum absolute atomic E-state index is 0.00657. The van der Waals surface area contributed by atoms with E-state index in [0.29, 0.717) is 11.3 Å². The molecule has 0 aromatic heterocycles. The maximum atomic E-state index is 12.5. The van der Waals surface area contributed by atoms with E-state index in [0.717, 1.165) is 0 Å². The monoisotopic (exact) mass is 416 g/mol. The van der Waals surface area contributed by atoms with Crippen LogP contribution in [0.1, 0.15) is 40.1 Å². The molecular weight excluding hydrogens is 396 g/mol. The molecule has 4 N–H and O–H groups in total. The molecule has 10 heteroatoms. The fourth-order valence-corrected chi connectivity index (χ4v) is 3.75. The number of carbonyl (C=O) groups excluding carboxylic acids is 3. The van der Waals surface area contributed by atoms with Gasteiger partial charge in [0.1, 0.15) is 0 Å². The maximum Gasteiger partial charge on any atom is 0.319 e. The summed E-state index contributed by atoms with van der Waals surface area (Å²) < 4.78 is 27.5. The molecule has 0 fully saturated rings. The highest BCUT2D eigenvalue weighted by Crippen LogP contribution is 2.20. The van der Waals surface area contributed by atoms with E-state index in [2.05, 4.69) is 20.7 Å². The average Bonchev–Trinajstić information content (AvgIpc) is 2.94. The van der Waals surface area contributed by atoms with Crippen LogP contribution in [0.5, 0.6) is 0 Å². The summed E-state index contributed by atoms with van der Waals surface area (Å²) in [5.74, 6) is -1.16. The minimum Gasteiger partial charge on any atom is -0.336 e. The van der Waals surface area contributed by atoms with Crippen molar-refractivity contribution in [2.45, 2.75) is 31.3 Å². The number of anilines is 1. The van der Waals surface area contributed by atoms with Crippen molar-refractivity contribution in [2.75, 3.05) is 5.32 Å². The molecule has 0 spiro atoms. The lowest BCUT2D eigenvalue weighted by molar-refractivity contribution is 0.0879. The van der Waals surface area contributed by atoms with Crippen LogP contribution in [0, 0.1) is 0 Å². The number of nitrogens with one attached hydrogen (secondary N) is 4. The van der Waals surface area contributed by atoms with Crippen molar-refractivity contribution in [3.63, 3.8) is 0 Å². The Morgan fingerprint density at radius 2 is 1.66 bits per heavy atom. The molecule has 0 atom stereocenters. The van der Waals surface area contributed by atoms with E-state index in [1.807, 2.05) is 13.8 Å². The number of hydrogen-bond donors (Lipinski definition) is 4. The molecule has 9 nitrogen and oxygen atoms in total. The molecule has 0 unspecified atom stereocenters. The van der Waals surface area contributed by atoms with Gasteiger partial charge in [0.05, 0.1) is 16.0 Å². The third kappa shape index (κ3) is 4.79. The zero-order valence-electron chi connectivity index (χ0n) is 15.8. The molecule has 0 aliphatic carbocycles. The molecule has 4 amide bonds. The Morgan fingerprint density at radius 3 is 2.31 bits per heavy atom. The smallest absolute Gasteiger partial charge is 0.319 e. The van der Waals surface area contributed by atoms with Gasteiger partial charge in [-0.2, -0.15) is 0 Å². The van der Waals surface area contributed by atoms with E-state index >= 15 is 0 Å². The van der Waals surface area contributed by atoms with E-state index in [1.54, 1.807) is 24.3 Å². The van der Waals surface area contributed by atoms with Crippen molar-refractivity contribution < 1.29 is 22.8 Å². The predicted octanol–water partition coefficient (Wildman–Crippen LogP) is 1.58. The van der Waals surface area contributed by atoms with Gasteiger partial charge in [0.2, 0.25) is 10.0 Å². The number of benzene rings is 2. The molecular formula is C19H20N4O5S. The van der Waals surface area contributed by atoms with Crippen LogP contribution in [-0.2, 0) is 16.6 Å². The Balaban J connectivity index is 1.65. The highest BCUT2D eigenvalue weighted by Gasteiger charge is 2.28. The molecule has 1 aliphatic heterocycles. The average molecular weight is 416 g/mol. The van der Waals surface area contributed by atoms with Gasteiger partial charge in [-0.3, -0.25) is 14.9 Å². The van der Waals surface area contributed by atoms with Gasteiger partial charge >= 0.3 is 6.03 Å². The second kappa shape index (κ2) is 8.02. The van der Waals surface area contributed by atoms with Crippen LogP contribution in [0.15, 0.2) is 47.4 Å². The van der Waals surface area contributed by atoms with Crippen LogP contribution in [0.2, 0.25) is 0 Å². The second-order valence-electron chi connectivity index (χ2n) is 6.77. The first-order valence-corrected chi connectivity index (χ1v) is 10.3. The zero-order chi connectivity index (χ0) is 21.2. The van der Waals surface area contributed by atoms with Crippen LogP contribution in [0.25, 0.3) is 0 Å². The molecule has 0 saturated heterocycles. The first kappa shape index (κ1) is 20.5. The Hall–Kier alpha value is -3.24. The number of urea groups is 1. The highest BCUT2D eigenvalue weighted by atomic mass is 32.2. The zero-order valence-corrected chi connectivity index (χ0v) is 16.6. The normalized spacial score (nSPS) is 13.2. The minimum atomic E-state index is -3.88. The van der Waals surface area contributed by atoms with Crippen LogP contribution in [-0.4, -0.2) is 32.3 Å². The third-order valence-corrected chi connectivity index (χ3v) is 5.51. The van der Waals surface area contributed by atoms with Crippen LogP contribution in [0.3, 0.4) is 0 Å². The van der Waals surface area contributed by atoms with Crippen molar-refractivity contribution >= 4 is 33.6 Å². The van der Waals surface area contributed by atoms with Crippen molar-refractivity contribution in [3.05, 3.63) is 59.2 Å². The molecule has 1 aliphatic rings. The summed E-state index contributed by atoms with van der Waals surface area (Å²) in [5.41, 5.74) is 1.44. The fraction of sp³-hybridized carbons (Fsp3) is 0.211.